The number of rotatable bonds is 5. The highest BCUT2D eigenvalue weighted by molar-refractivity contribution is 9.10. The van der Waals surface area contributed by atoms with Gasteiger partial charge < -0.3 is 5.32 Å². The molecule has 1 unspecified atom stereocenters. The summed E-state index contributed by atoms with van der Waals surface area (Å²) in [5.74, 6) is 0. The highest BCUT2D eigenvalue weighted by Crippen LogP contribution is 2.28. The third-order valence-corrected chi connectivity index (χ3v) is 5.23. The molecule has 1 aromatic heterocycles. The average Bonchev–Trinajstić information content (AvgIpc) is 2.61. The molecule has 0 radical (unpaired) electrons. The molecule has 2 aromatic carbocycles. The van der Waals surface area contributed by atoms with Crippen LogP contribution in [-0.2, 0) is 6.42 Å². The molecule has 0 fully saturated rings. The number of hydrogen-bond acceptors (Lipinski definition) is 3. The summed E-state index contributed by atoms with van der Waals surface area (Å²) in [6.07, 6.45) is 2.42. The molecule has 0 spiro atoms. The lowest BCUT2D eigenvalue weighted by Crippen LogP contribution is -2.26. The number of para-hydroxylation sites is 1. The molecule has 4 nitrogen and oxygen atoms in total. The lowest BCUT2D eigenvalue weighted by atomic mass is 10.1. The summed E-state index contributed by atoms with van der Waals surface area (Å²) in [7, 11) is 0. The fourth-order valence-electron chi connectivity index (χ4n) is 2.67. The first-order valence-corrected chi connectivity index (χ1v) is 9.55. The topological polar surface area (TPSA) is 46.9 Å². The SMILES string of the molecule is CC(Cc1ccccc1)Nc1cnn(-c2c(Cl)cccc2Cl)c(=O)c1Br. The Bertz CT molecular complexity index is 956. The molecule has 0 aliphatic heterocycles. The fraction of sp³-hybridized carbons (Fsp3) is 0.158. The van der Waals surface area contributed by atoms with Crippen molar-refractivity contribution >= 4 is 44.8 Å². The van der Waals surface area contributed by atoms with Crippen LogP contribution in [0.15, 0.2) is 64.0 Å². The van der Waals surface area contributed by atoms with E-state index in [0.717, 1.165) is 6.42 Å². The molecule has 1 atom stereocenters. The molecule has 0 aliphatic rings. The zero-order valence-corrected chi connectivity index (χ0v) is 17.0. The molecule has 0 saturated heterocycles. The average molecular weight is 453 g/mol. The van der Waals surface area contributed by atoms with Gasteiger partial charge in [-0.3, -0.25) is 4.79 Å². The van der Waals surface area contributed by atoms with Gasteiger partial charge in [-0.1, -0.05) is 59.6 Å². The summed E-state index contributed by atoms with van der Waals surface area (Å²) < 4.78 is 1.57. The predicted octanol–water partition coefficient (Wildman–Crippen LogP) is 5.34. The summed E-state index contributed by atoms with van der Waals surface area (Å²) in [5.41, 5.74) is 1.87. The summed E-state index contributed by atoms with van der Waals surface area (Å²) in [5, 5.41) is 8.27. The van der Waals surface area contributed by atoms with Gasteiger partial charge in [-0.15, -0.1) is 0 Å². The summed E-state index contributed by atoms with van der Waals surface area (Å²) in [6, 6.07) is 15.3. The van der Waals surface area contributed by atoms with E-state index in [1.54, 1.807) is 24.4 Å². The van der Waals surface area contributed by atoms with Gasteiger partial charge in [-0.25, -0.2) is 0 Å². The Kier molecular flexibility index (Phi) is 6.01. The van der Waals surface area contributed by atoms with Crippen molar-refractivity contribution in [1.29, 1.82) is 0 Å². The number of hydrogen-bond donors (Lipinski definition) is 1. The number of anilines is 1. The van der Waals surface area contributed by atoms with E-state index in [4.69, 9.17) is 23.2 Å². The summed E-state index contributed by atoms with van der Waals surface area (Å²) in [6.45, 7) is 2.05. The number of benzene rings is 2. The second-order valence-corrected chi connectivity index (χ2v) is 7.50. The van der Waals surface area contributed by atoms with Gasteiger partial charge in [0.15, 0.2) is 0 Å². The highest BCUT2D eigenvalue weighted by atomic mass is 79.9. The normalized spacial score (nSPS) is 12.0. The van der Waals surface area contributed by atoms with Gasteiger partial charge in [0, 0.05) is 6.04 Å². The van der Waals surface area contributed by atoms with E-state index < -0.39 is 0 Å². The quantitative estimate of drug-likeness (QED) is 0.567. The number of aromatic nitrogens is 2. The van der Waals surface area contributed by atoms with E-state index in [2.05, 4.69) is 45.4 Å². The van der Waals surface area contributed by atoms with Crippen LogP contribution in [0.4, 0.5) is 5.69 Å². The minimum absolute atomic E-state index is 0.120. The second kappa shape index (κ2) is 8.25. The first kappa shape index (κ1) is 19.0. The van der Waals surface area contributed by atoms with Crippen LogP contribution in [0.3, 0.4) is 0 Å². The highest BCUT2D eigenvalue weighted by Gasteiger charge is 2.16. The Morgan fingerprint density at radius 3 is 2.42 bits per heavy atom. The van der Waals surface area contributed by atoms with Crippen LogP contribution in [0.2, 0.25) is 10.0 Å². The molecule has 3 aromatic rings. The minimum atomic E-state index is -0.336. The van der Waals surface area contributed by atoms with E-state index in [-0.39, 0.29) is 11.6 Å². The maximum absolute atomic E-state index is 12.7. The Morgan fingerprint density at radius 1 is 1.12 bits per heavy atom. The van der Waals surface area contributed by atoms with Crippen LogP contribution in [0.5, 0.6) is 0 Å². The van der Waals surface area contributed by atoms with Crippen molar-refractivity contribution in [3.8, 4) is 5.69 Å². The number of nitrogens with one attached hydrogen (secondary N) is 1. The van der Waals surface area contributed by atoms with Crippen LogP contribution in [0, 0.1) is 0 Å². The van der Waals surface area contributed by atoms with E-state index >= 15 is 0 Å². The maximum atomic E-state index is 12.7. The third-order valence-electron chi connectivity index (χ3n) is 3.85. The Balaban J connectivity index is 1.87. The maximum Gasteiger partial charge on any atom is 0.288 e. The predicted molar refractivity (Wildman–Crippen MR) is 111 cm³/mol. The Morgan fingerprint density at radius 2 is 1.77 bits per heavy atom. The van der Waals surface area contributed by atoms with Gasteiger partial charge in [-0.05, 0) is 47.0 Å². The molecule has 7 heteroatoms. The van der Waals surface area contributed by atoms with Gasteiger partial charge >= 0.3 is 0 Å². The smallest absolute Gasteiger partial charge is 0.288 e. The second-order valence-electron chi connectivity index (χ2n) is 5.89. The number of halogens is 3. The monoisotopic (exact) mass is 451 g/mol. The summed E-state index contributed by atoms with van der Waals surface area (Å²) >= 11 is 15.7. The van der Waals surface area contributed by atoms with Crippen LogP contribution in [0.25, 0.3) is 5.69 Å². The lowest BCUT2D eigenvalue weighted by molar-refractivity contribution is 0.769. The fourth-order valence-corrected chi connectivity index (χ4v) is 3.61. The summed E-state index contributed by atoms with van der Waals surface area (Å²) in [4.78, 5) is 12.7. The Hall–Kier alpha value is -1.82. The van der Waals surface area contributed by atoms with Crippen LogP contribution < -0.4 is 10.9 Å². The van der Waals surface area contributed by atoms with Crippen LogP contribution >= 0.6 is 39.1 Å². The van der Waals surface area contributed by atoms with Crippen molar-refractivity contribution in [1.82, 2.24) is 9.78 Å². The van der Waals surface area contributed by atoms with Crippen molar-refractivity contribution in [3.05, 3.63) is 85.2 Å². The first-order chi connectivity index (χ1) is 12.5. The molecule has 0 bridgehead atoms. The molecule has 134 valence electrons. The van der Waals surface area contributed by atoms with E-state index in [1.807, 2.05) is 18.2 Å². The largest absolute Gasteiger partial charge is 0.380 e. The standard InChI is InChI=1S/C19H16BrCl2N3O/c1-12(10-13-6-3-2-4-7-13)24-16-11-23-25(19(26)17(16)20)18-14(21)8-5-9-15(18)22/h2-9,11-12,24H,10H2,1H3. The zero-order chi connectivity index (χ0) is 18.7. The molecule has 0 aliphatic carbocycles. The zero-order valence-electron chi connectivity index (χ0n) is 13.9. The van der Waals surface area contributed by atoms with E-state index in [0.29, 0.717) is 25.9 Å². The molecule has 1 N–H and O–H groups in total. The third kappa shape index (κ3) is 4.11. The van der Waals surface area contributed by atoms with Crippen molar-refractivity contribution in [2.45, 2.75) is 19.4 Å². The molecule has 0 amide bonds. The molecule has 26 heavy (non-hydrogen) atoms. The van der Waals surface area contributed by atoms with E-state index in [1.165, 1.54) is 10.2 Å². The van der Waals surface area contributed by atoms with Gasteiger partial charge in [0.2, 0.25) is 0 Å². The molecule has 3 rings (SSSR count). The van der Waals surface area contributed by atoms with Gasteiger partial charge in [-0.2, -0.15) is 9.78 Å². The van der Waals surface area contributed by atoms with Gasteiger partial charge in [0.1, 0.15) is 10.2 Å². The van der Waals surface area contributed by atoms with Crippen LogP contribution in [-0.4, -0.2) is 15.8 Å². The first-order valence-electron chi connectivity index (χ1n) is 8.00. The molecule has 1 heterocycles. The molecular formula is C19H16BrCl2N3O. The molecule has 0 saturated carbocycles. The number of nitrogens with zero attached hydrogens (tertiary/aromatic N) is 2. The lowest BCUT2D eigenvalue weighted by Gasteiger charge is -2.17. The van der Waals surface area contributed by atoms with Gasteiger partial charge in [0.05, 0.1) is 21.9 Å². The van der Waals surface area contributed by atoms with Crippen molar-refractivity contribution in [2.24, 2.45) is 0 Å². The molecular weight excluding hydrogens is 437 g/mol. The van der Waals surface area contributed by atoms with Crippen molar-refractivity contribution < 1.29 is 0 Å². The van der Waals surface area contributed by atoms with Crippen molar-refractivity contribution in [3.63, 3.8) is 0 Å². The Labute approximate surface area is 169 Å². The van der Waals surface area contributed by atoms with Crippen molar-refractivity contribution in [2.75, 3.05) is 5.32 Å². The van der Waals surface area contributed by atoms with Gasteiger partial charge in [0.25, 0.3) is 5.56 Å². The van der Waals surface area contributed by atoms with E-state index in [9.17, 15) is 4.79 Å². The minimum Gasteiger partial charge on any atom is -0.380 e. The van der Waals surface area contributed by atoms with Crippen LogP contribution in [0.1, 0.15) is 12.5 Å².